The van der Waals surface area contributed by atoms with Crippen LogP contribution in [0.3, 0.4) is 0 Å². The van der Waals surface area contributed by atoms with Crippen LogP contribution in [-0.4, -0.2) is 62.5 Å². The Kier molecular flexibility index (Phi) is 15.3. The van der Waals surface area contributed by atoms with Crippen LogP contribution in [0.4, 0.5) is 18.9 Å². The highest BCUT2D eigenvalue weighted by molar-refractivity contribution is 6.04. The van der Waals surface area contributed by atoms with Crippen LogP contribution in [0.5, 0.6) is 0 Å². The average molecular weight is 567 g/mol. The number of anilines is 1. The van der Waals surface area contributed by atoms with Gasteiger partial charge in [0.1, 0.15) is 5.82 Å². The fourth-order valence-electron chi connectivity index (χ4n) is 4.68. The number of amides is 1. The van der Waals surface area contributed by atoms with Gasteiger partial charge in [-0.05, 0) is 56.9 Å². The van der Waals surface area contributed by atoms with Crippen LogP contribution < -0.4 is 10.6 Å². The van der Waals surface area contributed by atoms with Gasteiger partial charge in [0.2, 0.25) is 0 Å². The van der Waals surface area contributed by atoms with Gasteiger partial charge < -0.3 is 25.0 Å². The van der Waals surface area contributed by atoms with Gasteiger partial charge in [-0.25, -0.2) is 8.78 Å². The third kappa shape index (κ3) is 9.52. The number of hydrogen-bond acceptors (Lipinski definition) is 6. The summed E-state index contributed by atoms with van der Waals surface area (Å²) in [7, 11) is 4.00. The maximum Gasteiger partial charge on any atom is 0.259 e. The first kappa shape index (κ1) is 34.9. The van der Waals surface area contributed by atoms with Crippen molar-refractivity contribution in [2.75, 3.05) is 39.8 Å². The number of halogens is 3. The second-order valence-corrected chi connectivity index (χ2v) is 9.30. The van der Waals surface area contributed by atoms with E-state index in [0.717, 1.165) is 37.1 Å². The molecule has 1 saturated heterocycles. The van der Waals surface area contributed by atoms with Gasteiger partial charge in [-0.1, -0.05) is 13.0 Å². The molecule has 1 saturated carbocycles. The molecule has 0 aromatic carbocycles. The van der Waals surface area contributed by atoms with E-state index in [1.54, 1.807) is 31.3 Å². The molecule has 10 heteroatoms. The predicted octanol–water partition coefficient (Wildman–Crippen LogP) is 6.70. The van der Waals surface area contributed by atoms with Gasteiger partial charge >= 0.3 is 0 Å². The van der Waals surface area contributed by atoms with E-state index >= 15 is 0 Å². The van der Waals surface area contributed by atoms with E-state index in [1.807, 2.05) is 26.0 Å². The minimum atomic E-state index is -2.51. The molecular weight excluding hydrogens is 521 g/mol. The highest BCUT2D eigenvalue weighted by Gasteiger charge is 2.40. The Hall–Kier alpha value is -3.11. The van der Waals surface area contributed by atoms with Crippen LogP contribution in [0, 0.1) is 0 Å². The molecule has 7 nitrogen and oxygen atoms in total. The zero-order valence-electron chi connectivity index (χ0n) is 24.7. The molecule has 2 N–H and O–H groups in total. The van der Waals surface area contributed by atoms with Crippen molar-refractivity contribution in [2.45, 2.75) is 71.0 Å². The zero-order valence-corrected chi connectivity index (χ0v) is 24.7. The number of aromatic nitrogens is 1. The van der Waals surface area contributed by atoms with Crippen LogP contribution in [0.25, 0.3) is 0 Å². The SMILES string of the molecule is C=C.CC/C(C(=O)Nc1ccc(C2CCC3(CC2)OCCO3)nc1)=C(/C)N(C)/C(=C/C=C(\C)C(F)F)NC.CF. The van der Waals surface area contributed by atoms with Crippen molar-refractivity contribution in [1.82, 2.24) is 15.2 Å². The molecule has 1 aromatic heterocycles. The van der Waals surface area contributed by atoms with E-state index in [1.165, 1.54) is 13.0 Å². The van der Waals surface area contributed by atoms with Crippen LogP contribution in [0.1, 0.15) is 64.5 Å². The molecule has 1 aromatic rings. The lowest BCUT2D eigenvalue weighted by atomic mass is 9.83. The van der Waals surface area contributed by atoms with Crippen molar-refractivity contribution < 1.29 is 27.4 Å². The molecule has 0 radical (unpaired) electrons. The van der Waals surface area contributed by atoms with Crippen LogP contribution in [-0.2, 0) is 14.3 Å². The number of alkyl halides is 3. The number of nitrogens with zero attached hydrogens (tertiary/aromatic N) is 2. The molecule has 3 rings (SSSR count). The summed E-state index contributed by atoms with van der Waals surface area (Å²) in [4.78, 5) is 19.5. The number of allylic oxidation sites excluding steroid dienone is 4. The van der Waals surface area contributed by atoms with Crippen LogP contribution in [0.15, 0.2) is 66.3 Å². The van der Waals surface area contributed by atoms with Gasteiger partial charge in [0.25, 0.3) is 12.3 Å². The molecule has 0 unspecified atom stereocenters. The Morgan fingerprint density at radius 3 is 2.25 bits per heavy atom. The predicted molar refractivity (Wildman–Crippen MR) is 155 cm³/mol. The average Bonchev–Trinajstić information content (AvgIpc) is 3.44. The first-order valence-corrected chi connectivity index (χ1v) is 13.4. The molecule has 224 valence electrons. The van der Waals surface area contributed by atoms with Crippen molar-refractivity contribution in [1.29, 1.82) is 0 Å². The molecule has 2 fully saturated rings. The highest BCUT2D eigenvalue weighted by Crippen LogP contribution is 2.41. The van der Waals surface area contributed by atoms with Gasteiger partial charge in [0, 0.05) is 49.8 Å². The summed E-state index contributed by atoms with van der Waals surface area (Å²) in [6.45, 7) is 12.5. The van der Waals surface area contributed by atoms with Gasteiger partial charge in [0.05, 0.1) is 32.3 Å². The Morgan fingerprint density at radius 1 is 1.18 bits per heavy atom. The molecule has 1 spiro atoms. The Morgan fingerprint density at radius 2 is 1.77 bits per heavy atom. The van der Waals surface area contributed by atoms with E-state index in [0.29, 0.717) is 49.8 Å². The maximum atomic E-state index is 13.1. The highest BCUT2D eigenvalue weighted by atomic mass is 19.3. The van der Waals surface area contributed by atoms with Crippen molar-refractivity contribution in [3.63, 3.8) is 0 Å². The van der Waals surface area contributed by atoms with Gasteiger partial charge in [-0.2, -0.15) is 0 Å². The first-order chi connectivity index (χ1) is 19.2. The second kappa shape index (κ2) is 17.6. The van der Waals surface area contributed by atoms with Crippen molar-refractivity contribution in [3.05, 3.63) is 72.0 Å². The quantitative estimate of drug-likeness (QED) is 0.197. The Bertz CT molecular complexity index is 1010. The monoisotopic (exact) mass is 566 g/mol. The lowest BCUT2D eigenvalue weighted by Gasteiger charge is -2.35. The lowest BCUT2D eigenvalue weighted by molar-refractivity contribution is -0.178. The van der Waals surface area contributed by atoms with Crippen molar-refractivity contribution >= 4 is 11.6 Å². The van der Waals surface area contributed by atoms with E-state index in [2.05, 4.69) is 28.8 Å². The molecule has 1 aliphatic carbocycles. The molecule has 0 bridgehead atoms. The summed E-state index contributed by atoms with van der Waals surface area (Å²) in [5, 5.41) is 5.95. The number of carbonyl (C=O) groups is 1. The van der Waals surface area contributed by atoms with E-state index < -0.39 is 12.2 Å². The summed E-state index contributed by atoms with van der Waals surface area (Å²) in [6.07, 6.45) is 6.30. The number of carbonyl (C=O) groups excluding carboxylic acids is 1. The fraction of sp³-hybridized carbons (Fsp3) is 0.533. The molecular formula is C30H45F3N4O3. The van der Waals surface area contributed by atoms with E-state index in [4.69, 9.17) is 9.47 Å². The smallest absolute Gasteiger partial charge is 0.259 e. The molecule has 2 aliphatic rings. The Labute approximate surface area is 237 Å². The van der Waals surface area contributed by atoms with Crippen LogP contribution >= 0.6 is 0 Å². The minimum absolute atomic E-state index is 0.0323. The van der Waals surface area contributed by atoms with Gasteiger partial charge in [-0.15, -0.1) is 13.2 Å². The maximum absolute atomic E-state index is 13.1. The summed E-state index contributed by atoms with van der Waals surface area (Å²) < 4.78 is 46.8. The number of ether oxygens (including phenoxy) is 2. The molecule has 0 atom stereocenters. The van der Waals surface area contributed by atoms with E-state index in [9.17, 15) is 18.0 Å². The summed E-state index contributed by atoms with van der Waals surface area (Å²) in [6, 6.07) is 3.86. The molecule has 40 heavy (non-hydrogen) atoms. The first-order valence-electron chi connectivity index (χ1n) is 13.4. The largest absolute Gasteiger partial charge is 0.375 e. The third-order valence-electron chi connectivity index (χ3n) is 7.06. The minimum Gasteiger partial charge on any atom is -0.375 e. The fourth-order valence-corrected chi connectivity index (χ4v) is 4.68. The second-order valence-electron chi connectivity index (χ2n) is 9.30. The topological polar surface area (TPSA) is 75.7 Å². The van der Waals surface area contributed by atoms with E-state index in [-0.39, 0.29) is 11.5 Å². The van der Waals surface area contributed by atoms with Crippen molar-refractivity contribution in [2.24, 2.45) is 0 Å². The summed E-state index contributed by atoms with van der Waals surface area (Å²) >= 11 is 0. The van der Waals surface area contributed by atoms with Gasteiger partial charge in [0.15, 0.2) is 5.79 Å². The molecule has 2 heterocycles. The summed E-state index contributed by atoms with van der Waals surface area (Å²) in [5.74, 6) is 0.338. The summed E-state index contributed by atoms with van der Waals surface area (Å²) in [5.41, 5.74) is 2.91. The Balaban J connectivity index is 0.00000191. The number of rotatable bonds is 9. The van der Waals surface area contributed by atoms with Crippen LogP contribution in [0.2, 0.25) is 0 Å². The standard InChI is InChI=1S/C27H38F2N4O3.C2H4.CH3F/c1-6-22(19(3)33(5)24(30-4)10-7-18(2)25(28)29)26(34)32-21-8-9-23(31-17-21)20-11-13-27(14-12-20)35-15-16-36-27;2*1-2/h7-10,17,20,25,30H,6,11-16H2,1-5H3,(H,32,34);1-2H2;1H3/b18-7+,22-19+,24-10+;;. The number of nitrogens with one attached hydrogen (secondary N) is 2. The number of hydrogen-bond donors (Lipinski definition) is 2. The molecule has 1 aliphatic heterocycles. The lowest BCUT2D eigenvalue weighted by Crippen LogP contribution is -2.34. The number of pyridine rings is 1. The molecule has 1 amide bonds. The van der Waals surface area contributed by atoms with Gasteiger partial charge in [-0.3, -0.25) is 14.2 Å². The zero-order chi connectivity index (χ0) is 30.3. The normalized spacial score (nSPS) is 17.8. The third-order valence-corrected chi connectivity index (χ3v) is 7.06. The van der Waals surface area contributed by atoms with Crippen molar-refractivity contribution in [3.8, 4) is 0 Å².